The van der Waals surface area contributed by atoms with E-state index in [-0.39, 0.29) is 0 Å². The minimum Gasteiger partial charge on any atom is -0.497 e. The third-order valence-electron chi connectivity index (χ3n) is 6.79. The molecule has 0 spiro atoms. The number of nitrogens with one attached hydrogen (secondary N) is 1. The van der Waals surface area contributed by atoms with E-state index in [1.807, 2.05) is 0 Å². The van der Waals surface area contributed by atoms with Crippen molar-refractivity contribution in [3.63, 3.8) is 0 Å². The molecule has 0 amide bonds. The van der Waals surface area contributed by atoms with Crippen molar-refractivity contribution >= 4 is 11.4 Å². The molecule has 0 aromatic heterocycles. The highest BCUT2D eigenvalue weighted by molar-refractivity contribution is 5.73. The number of fused-ring (bicyclic) bond motifs is 2. The fourth-order valence-electron chi connectivity index (χ4n) is 5.11. The van der Waals surface area contributed by atoms with Crippen molar-refractivity contribution in [1.29, 1.82) is 0 Å². The molecule has 0 bridgehead atoms. The van der Waals surface area contributed by atoms with Gasteiger partial charge in [0, 0.05) is 23.3 Å². The number of methoxy groups -OCH3 is 1. The minimum atomic E-state index is 0.335. The van der Waals surface area contributed by atoms with Crippen LogP contribution in [0.2, 0.25) is 0 Å². The number of hydrogen-bond donors (Lipinski definition) is 1. The van der Waals surface area contributed by atoms with Gasteiger partial charge >= 0.3 is 0 Å². The van der Waals surface area contributed by atoms with E-state index in [2.05, 4.69) is 83.0 Å². The molecule has 5 rings (SSSR count). The highest BCUT2D eigenvalue weighted by Gasteiger charge is 2.33. The average molecular weight is 429 g/mol. The molecule has 3 aromatic rings. The maximum absolute atomic E-state index is 6.26. The molecule has 1 saturated heterocycles. The third-order valence-corrected chi connectivity index (χ3v) is 6.79. The summed E-state index contributed by atoms with van der Waals surface area (Å²) in [6.45, 7) is 1.70. The lowest BCUT2D eigenvalue weighted by molar-refractivity contribution is 0.310. The van der Waals surface area contributed by atoms with Crippen LogP contribution in [0.3, 0.4) is 0 Å². The fourth-order valence-corrected chi connectivity index (χ4v) is 5.11. The molecule has 1 unspecified atom stereocenters. The summed E-state index contributed by atoms with van der Waals surface area (Å²) in [4.78, 5) is 2.56. The predicted molar refractivity (Wildman–Crippen MR) is 130 cm³/mol. The van der Waals surface area contributed by atoms with E-state index < -0.39 is 0 Å². The lowest BCUT2D eigenvalue weighted by Gasteiger charge is -2.41. The average Bonchev–Trinajstić information content (AvgIpc) is 3.03. The second kappa shape index (κ2) is 9.66. The van der Waals surface area contributed by atoms with Crippen molar-refractivity contribution in [2.24, 2.45) is 0 Å². The number of aryl methyl sites for hydroxylation is 1. The van der Waals surface area contributed by atoms with Gasteiger partial charge in [-0.15, -0.1) is 0 Å². The summed E-state index contributed by atoms with van der Waals surface area (Å²) in [5.41, 5.74) is 5.03. The molecule has 3 aromatic carbocycles. The minimum absolute atomic E-state index is 0.335. The zero-order valence-electron chi connectivity index (χ0n) is 18.8. The summed E-state index contributed by atoms with van der Waals surface area (Å²) in [5, 5.41) is 3.85. The van der Waals surface area contributed by atoms with Gasteiger partial charge in [0.05, 0.1) is 12.8 Å². The Labute approximate surface area is 191 Å². The van der Waals surface area contributed by atoms with E-state index in [4.69, 9.17) is 9.47 Å². The molecule has 1 N–H and O–H groups in total. The first-order valence-corrected chi connectivity index (χ1v) is 11.8. The molecule has 1 fully saturated rings. The predicted octanol–water partition coefficient (Wildman–Crippen LogP) is 5.87. The first-order valence-electron chi connectivity index (χ1n) is 11.8. The highest BCUT2D eigenvalue weighted by atomic mass is 16.5. The summed E-state index contributed by atoms with van der Waals surface area (Å²) >= 11 is 0. The summed E-state index contributed by atoms with van der Waals surface area (Å²) in [7, 11) is 1.72. The van der Waals surface area contributed by atoms with E-state index in [0.717, 1.165) is 30.9 Å². The van der Waals surface area contributed by atoms with Gasteiger partial charge in [-0.2, -0.15) is 0 Å². The van der Waals surface area contributed by atoms with E-state index >= 15 is 0 Å². The summed E-state index contributed by atoms with van der Waals surface area (Å²) in [6.07, 6.45) is 5.83. The first kappa shape index (κ1) is 20.9. The van der Waals surface area contributed by atoms with Crippen LogP contribution in [0.5, 0.6) is 11.5 Å². The highest BCUT2D eigenvalue weighted by Crippen LogP contribution is 2.42. The van der Waals surface area contributed by atoms with Crippen molar-refractivity contribution in [1.82, 2.24) is 5.32 Å². The number of ether oxygens (including phenoxy) is 2. The van der Waals surface area contributed by atoms with Crippen LogP contribution in [0.1, 0.15) is 36.8 Å². The Hall–Kier alpha value is -2.98. The topological polar surface area (TPSA) is 33.7 Å². The van der Waals surface area contributed by atoms with Crippen LogP contribution >= 0.6 is 0 Å². The number of anilines is 2. The Morgan fingerprint density at radius 2 is 1.75 bits per heavy atom. The molecule has 2 aliphatic heterocycles. The standard InChI is InChI=1S/C28H32N2O2/c1-31-23-16-13-21(14-17-23)15-18-26(24-9-6-7-19-29-24)30-25-10-3-2-8-22(25)20-32-28-12-5-4-11-27(28)30/h2-5,8,10-14,16-17,24,26,29H,6-7,9,15,18-20H2,1H3/t24?,26-/m1/s1. The smallest absolute Gasteiger partial charge is 0.143 e. The molecule has 166 valence electrons. The van der Waals surface area contributed by atoms with E-state index in [1.54, 1.807) is 7.11 Å². The van der Waals surface area contributed by atoms with Gasteiger partial charge in [0.25, 0.3) is 0 Å². The SMILES string of the molecule is COc1ccc(CC[C@H](C2CCCCN2)N2c3ccccc3COc3ccccc32)cc1. The van der Waals surface area contributed by atoms with Gasteiger partial charge in [-0.05, 0) is 68.1 Å². The van der Waals surface area contributed by atoms with Crippen molar-refractivity contribution in [3.05, 3.63) is 83.9 Å². The summed E-state index contributed by atoms with van der Waals surface area (Å²) in [6, 6.07) is 26.5. The molecular weight excluding hydrogens is 396 g/mol. The van der Waals surface area contributed by atoms with Gasteiger partial charge in [-0.3, -0.25) is 0 Å². The molecule has 2 atom stereocenters. The van der Waals surface area contributed by atoms with Crippen LogP contribution in [-0.2, 0) is 13.0 Å². The molecule has 4 heteroatoms. The maximum atomic E-state index is 6.26. The van der Waals surface area contributed by atoms with Crippen molar-refractivity contribution in [2.45, 2.75) is 50.8 Å². The zero-order chi connectivity index (χ0) is 21.8. The largest absolute Gasteiger partial charge is 0.497 e. The van der Waals surface area contributed by atoms with Gasteiger partial charge in [0.2, 0.25) is 0 Å². The molecular formula is C28H32N2O2. The molecule has 4 nitrogen and oxygen atoms in total. The Balaban J connectivity index is 1.52. The van der Waals surface area contributed by atoms with Crippen LogP contribution in [-0.4, -0.2) is 25.7 Å². The quantitative estimate of drug-likeness (QED) is 0.532. The number of hydrogen-bond acceptors (Lipinski definition) is 4. The second-order valence-electron chi connectivity index (χ2n) is 8.77. The van der Waals surface area contributed by atoms with Gasteiger partial charge in [-0.1, -0.05) is 48.9 Å². The number of nitrogens with zero attached hydrogens (tertiary/aromatic N) is 1. The van der Waals surface area contributed by atoms with E-state index in [1.165, 1.54) is 41.8 Å². The lowest BCUT2D eigenvalue weighted by Crippen LogP contribution is -2.51. The van der Waals surface area contributed by atoms with Crippen LogP contribution in [0.25, 0.3) is 0 Å². The van der Waals surface area contributed by atoms with Crippen molar-refractivity contribution in [2.75, 3.05) is 18.6 Å². The molecule has 0 radical (unpaired) electrons. The molecule has 0 aliphatic carbocycles. The maximum Gasteiger partial charge on any atom is 0.143 e. The van der Waals surface area contributed by atoms with Crippen LogP contribution in [0, 0.1) is 0 Å². The normalized spacial score (nSPS) is 18.7. The van der Waals surface area contributed by atoms with E-state index in [9.17, 15) is 0 Å². The lowest BCUT2D eigenvalue weighted by atomic mass is 9.90. The van der Waals surface area contributed by atoms with Gasteiger partial charge < -0.3 is 19.7 Å². The molecule has 0 saturated carbocycles. The number of para-hydroxylation sites is 3. The Morgan fingerprint density at radius 3 is 2.53 bits per heavy atom. The third kappa shape index (κ3) is 4.33. The van der Waals surface area contributed by atoms with Crippen LogP contribution in [0.4, 0.5) is 11.4 Å². The molecule has 2 heterocycles. The second-order valence-corrected chi connectivity index (χ2v) is 8.77. The number of rotatable bonds is 6. The number of benzene rings is 3. The fraction of sp³-hybridized carbons (Fsp3) is 0.357. The van der Waals surface area contributed by atoms with Crippen LogP contribution in [0.15, 0.2) is 72.8 Å². The van der Waals surface area contributed by atoms with Crippen molar-refractivity contribution < 1.29 is 9.47 Å². The summed E-state index contributed by atoms with van der Waals surface area (Å²) in [5.74, 6) is 1.88. The van der Waals surface area contributed by atoms with Crippen molar-refractivity contribution in [3.8, 4) is 11.5 Å². The Morgan fingerprint density at radius 1 is 0.969 bits per heavy atom. The number of piperidine rings is 1. The van der Waals surface area contributed by atoms with Gasteiger partial charge in [0.15, 0.2) is 0 Å². The summed E-state index contributed by atoms with van der Waals surface area (Å²) < 4.78 is 11.6. The zero-order valence-corrected chi connectivity index (χ0v) is 18.8. The van der Waals surface area contributed by atoms with Gasteiger partial charge in [0.1, 0.15) is 18.1 Å². The first-order chi connectivity index (χ1) is 15.8. The van der Waals surface area contributed by atoms with E-state index in [0.29, 0.717) is 18.7 Å². The monoisotopic (exact) mass is 428 g/mol. The van der Waals surface area contributed by atoms with Gasteiger partial charge in [-0.25, -0.2) is 0 Å². The Kier molecular flexibility index (Phi) is 6.31. The van der Waals surface area contributed by atoms with Crippen LogP contribution < -0.4 is 19.7 Å². The molecule has 32 heavy (non-hydrogen) atoms. The molecule has 2 aliphatic rings. The Bertz CT molecular complexity index is 980.